The number of ether oxygens (including phenoxy) is 1. The summed E-state index contributed by atoms with van der Waals surface area (Å²) in [7, 11) is 0. The lowest BCUT2D eigenvalue weighted by Crippen LogP contribution is -2.40. The first-order valence-corrected chi connectivity index (χ1v) is 14.5. The summed E-state index contributed by atoms with van der Waals surface area (Å²) < 4.78 is 5.89. The molecule has 3 amide bonds. The Labute approximate surface area is 245 Å². The smallest absolute Gasteiger partial charge is 0.262 e. The Bertz CT molecular complexity index is 1610. The summed E-state index contributed by atoms with van der Waals surface area (Å²) in [5.74, 6) is -0.578. The van der Waals surface area contributed by atoms with E-state index in [-0.39, 0.29) is 18.4 Å². The fraction of sp³-hybridized carbons (Fsp3) is 0.0938. The number of thiophene rings is 2. The fourth-order valence-corrected chi connectivity index (χ4v) is 5.83. The molecule has 41 heavy (non-hydrogen) atoms. The van der Waals surface area contributed by atoms with Gasteiger partial charge in [-0.15, -0.1) is 22.7 Å². The number of rotatable bonds is 11. The van der Waals surface area contributed by atoms with Crippen LogP contribution < -0.4 is 21.1 Å². The zero-order valence-electron chi connectivity index (χ0n) is 21.9. The maximum atomic E-state index is 13.4. The average molecular weight is 582 g/mol. The minimum Gasteiger partial charge on any atom is -0.489 e. The molecule has 5 aromatic rings. The predicted molar refractivity (Wildman–Crippen MR) is 162 cm³/mol. The predicted octanol–water partition coefficient (Wildman–Crippen LogP) is 5.94. The Hall–Kier alpha value is -4.73. The van der Waals surface area contributed by atoms with Crippen molar-refractivity contribution in [3.8, 4) is 15.5 Å². The maximum Gasteiger partial charge on any atom is 0.262 e. The van der Waals surface area contributed by atoms with Crippen LogP contribution in [0.25, 0.3) is 9.75 Å². The van der Waals surface area contributed by atoms with E-state index >= 15 is 0 Å². The third kappa shape index (κ3) is 7.27. The molecule has 4 N–H and O–H groups in total. The molecule has 0 spiro atoms. The van der Waals surface area contributed by atoms with Crippen LogP contribution in [0.2, 0.25) is 0 Å². The Balaban J connectivity index is 1.31. The van der Waals surface area contributed by atoms with Gasteiger partial charge in [0.25, 0.3) is 5.91 Å². The first kappa shape index (κ1) is 27.8. The van der Waals surface area contributed by atoms with Crippen LogP contribution in [0.15, 0.2) is 109 Å². The number of nitrogens with one attached hydrogen (secondary N) is 2. The van der Waals surface area contributed by atoms with Gasteiger partial charge < -0.3 is 21.1 Å². The molecule has 9 heteroatoms. The topological polar surface area (TPSA) is 111 Å². The van der Waals surface area contributed by atoms with E-state index in [0.29, 0.717) is 28.4 Å². The van der Waals surface area contributed by atoms with Gasteiger partial charge in [0, 0.05) is 21.9 Å². The van der Waals surface area contributed by atoms with Gasteiger partial charge in [-0.25, -0.2) is 0 Å². The Morgan fingerprint density at radius 2 is 1.54 bits per heavy atom. The molecule has 2 heterocycles. The molecule has 0 radical (unpaired) electrons. The molecule has 2 aromatic heterocycles. The molecular formula is C32H27N3O4S2. The SMILES string of the molecule is NC(=O)c1ccc(CNC(=O)[C@@H](NC(=O)c2ccc(-c3cccs3)s2)c2ccc(OCc3ccccc3)cc2)cc1. The highest BCUT2D eigenvalue weighted by Crippen LogP contribution is 2.32. The number of hydrogen-bond acceptors (Lipinski definition) is 6. The van der Waals surface area contributed by atoms with Gasteiger partial charge in [0.2, 0.25) is 11.8 Å². The molecule has 1 atom stereocenters. The normalized spacial score (nSPS) is 11.4. The highest BCUT2D eigenvalue weighted by molar-refractivity contribution is 7.22. The number of benzene rings is 3. The Morgan fingerprint density at radius 1 is 0.780 bits per heavy atom. The molecule has 0 fully saturated rings. The molecule has 0 saturated carbocycles. The van der Waals surface area contributed by atoms with E-state index in [9.17, 15) is 14.4 Å². The van der Waals surface area contributed by atoms with Gasteiger partial charge in [-0.2, -0.15) is 0 Å². The van der Waals surface area contributed by atoms with E-state index in [1.807, 2.05) is 53.9 Å². The van der Waals surface area contributed by atoms with Gasteiger partial charge >= 0.3 is 0 Å². The van der Waals surface area contributed by atoms with E-state index in [0.717, 1.165) is 20.9 Å². The molecule has 5 rings (SSSR count). The summed E-state index contributed by atoms with van der Waals surface area (Å²) in [5.41, 5.74) is 8.15. The zero-order valence-corrected chi connectivity index (χ0v) is 23.5. The van der Waals surface area contributed by atoms with Gasteiger partial charge in [0.05, 0.1) is 4.88 Å². The summed E-state index contributed by atoms with van der Waals surface area (Å²) in [6.07, 6.45) is 0. The third-order valence-corrected chi connectivity index (χ3v) is 8.45. The second kappa shape index (κ2) is 13.1. The molecule has 206 valence electrons. The zero-order chi connectivity index (χ0) is 28.6. The molecule has 0 unspecified atom stereocenters. The van der Waals surface area contributed by atoms with Crippen molar-refractivity contribution >= 4 is 40.4 Å². The van der Waals surface area contributed by atoms with Crippen molar-refractivity contribution < 1.29 is 19.1 Å². The molecule has 0 aliphatic heterocycles. The summed E-state index contributed by atoms with van der Waals surface area (Å²) in [5, 5.41) is 7.79. The Morgan fingerprint density at radius 3 is 2.22 bits per heavy atom. The van der Waals surface area contributed by atoms with E-state index in [1.54, 1.807) is 65.9 Å². The lowest BCUT2D eigenvalue weighted by molar-refractivity contribution is -0.123. The third-order valence-electron chi connectivity index (χ3n) is 6.30. The monoisotopic (exact) mass is 581 g/mol. The Kier molecular flexibility index (Phi) is 8.88. The highest BCUT2D eigenvalue weighted by atomic mass is 32.1. The van der Waals surface area contributed by atoms with Crippen molar-refractivity contribution in [1.82, 2.24) is 10.6 Å². The summed E-state index contributed by atoms with van der Waals surface area (Å²) >= 11 is 2.98. The lowest BCUT2D eigenvalue weighted by Gasteiger charge is -2.19. The minimum atomic E-state index is -0.942. The maximum absolute atomic E-state index is 13.4. The molecule has 0 aliphatic rings. The summed E-state index contributed by atoms with van der Waals surface area (Å²) in [6, 6.07) is 30.3. The first-order valence-electron chi connectivity index (χ1n) is 12.8. The van der Waals surface area contributed by atoms with Crippen LogP contribution in [-0.2, 0) is 17.9 Å². The van der Waals surface area contributed by atoms with Crippen LogP contribution in [0.1, 0.15) is 42.8 Å². The second-order valence-corrected chi connectivity index (χ2v) is 11.2. The van der Waals surface area contributed by atoms with Crippen LogP contribution in [0, 0.1) is 0 Å². The number of nitrogens with two attached hydrogens (primary N) is 1. The van der Waals surface area contributed by atoms with Crippen molar-refractivity contribution in [2.45, 2.75) is 19.2 Å². The van der Waals surface area contributed by atoms with Crippen LogP contribution >= 0.6 is 22.7 Å². The van der Waals surface area contributed by atoms with Crippen LogP contribution in [0.4, 0.5) is 0 Å². The molecule has 0 saturated heterocycles. The highest BCUT2D eigenvalue weighted by Gasteiger charge is 2.24. The number of amides is 3. The molecule has 0 bridgehead atoms. The van der Waals surface area contributed by atoms with Crippen LogP contribution in [0.5, 0.6) is 5.75 Å². The first-order chi connectivity index (χ1) is 20.0. The van der Waals surface area contributed by atoms with Gasteiger partial charge in [0.15, 0.2) is 0 Å². The van der Waals surface area contributed by atoms with E-state index in [4.69, 9.17) is 10.5 Å². The largest absolute Gasteiger partial charge is 0.489 e. The van der Waals surface area contributed by atoms with E-state index < -0.39 is 11.9 Å². The van der Waals surface area contributed by atoms with Crippen molar-refractivity contribution in [1.29, 1.82) is 0 Å². The molecule has 0 aliphatic carbocycles. The fourth-order valence-electron chi connectivity index (χ4n) is 4.09. The molecule has 3 aromatic carbocycles. The van der Waals surface area contributed by atoms with E-state index in [2.05, 4.69) is 10.6 Å². The molecule has 7 nitrogen and oxygen atoms in total. The van der Waals surface area contributed by atoms with Gasteiger partial charge in [-0.05, 0) is 64.5 Å². The second-order valence-electron chi connectivity index (χ2n) is 9.17. The van der Waals surface area contributed by atoms with Crippen LogP contribution in [0.3, 0.4) is 0 Å². The van der Waals surface area contributed by atoms with Crippen molar-refractivity contribution in [2.24, 2.45) is 5.73 Å². The summed E-state index contributed by atoms with van der Waals surface area (Å²) in [4.78, 5) is 40.6. The van der Waals surface area contributed by atoms with Gasteiger partial charge in [0.1, 0.15) is 18.4 Å². The van der Waals surface area contributed by atoms with Gasteiger partial charge in [-0.3, -0.25) is 14.4 Å². The van der Waals surface area contributed by atoms with Crippen molar-refractivity contribution in [2.75, 3.05) is 0 Å². The lowest BCUT2D eigenvalue weighted by atomic mass is 10.1. The van der Waals surface area contributed by atoms with Crippen LogP contribution in [-0.4, -0.2) is 17.7 Å². The number of carbonyl (C=O) groups excluding carboxylic acids is 3. The number of carbonyl (C=O) groups is 3. The minimum absolute atomic E-state index is 0.212. The molecular weight excluding hydrogens is 555 g/mol. The van der Waals surface area contributed by atoms with Crippen molar-refractivity contribution in [3.63, 3.8) is 0 Å². The van der Waals surface area contributed by atoms with E-state index in [1.165, 1.54) is 11.3 Å². The number of hydrogen-bond donors (Lipinski definition) is 3. The standard InChI is InChI=1S/C32H27N3O4S2/c33-30(36)24-10-8-21(9-11-24)19-34-32(38)29(35-31(37)28-17-16-27(41-28)26-7-4-18-40-26)23-12-14-25(15-13-23)39-20-22-5-2-1-3-6-22/h1-18,29H,19-20H2,(H2,33,36)(H,34,38)(H,35,37)/t29-/m0/s1. The quantitative estimate of drug-likeness (QED) is 0.179. The van der Waals surface area contributed by atoms with Gasteiger partial charge in [-0.1, -0.05) is 60.7 Å². The van der Waals surface area contributed by atoms with Crippen molar-refractivity contribution in [3.05, 3.63) is 136 Å². The number of primary amides is 1. The summed E-state index contributed by atoms with van der Waals surface area (Å²) in [6.45, 7) is 0.629. The average Bonchev–Trinajstić information content (AvgIpc) is 3.72.